The highest BCUT2D eigenvalue weighted by Crippen LogP contribution is 2.27. The zero-order valence-electron chi connectivity index (χ0n) is 25.6. The average molecular weight is 612 g/mol. The summed E-state index contributed by atoms with van der Waals surface area (Å²) < 4.78 is 29.3. The van der Waals surface area contributed by atoms with E-state index in [0.29, 0.717) is 12.2 Å². The molecule has 0 unspecified atom stereocenters. The number of carbonyl (C=O) groups excluding carboxylic acids is 2. The number of nitrogens with one attached hydrogen (secondary N) is 1. The Hall–Kier alpha value is -4.43. The van der Waals surface area contributed by atoms with Crippen molar-refractivity contribution in [3.05, 3.63) is 132 Å². The maximum absolute atomic E-state index is 14.4. The molecule has 0 saturated heterocycles. The SMILES string of the molecule is CCCNC(=O)[C@@H](Cc1ccccc1)N(Cc1ccccc1)C(=O)CN(c1ccc(C(C)C)cc1)S(=O)(=O)c1ccccc1. The lowest BCUT2D eigenvalue weighted by Gasteiger charge is -2.34. The van der Waals surface area contributed by atoms with Gasteiger partial charge in [0.25, 0.3) is 10.0 Å². The Morgan fingerprint density at radius 1 is 0.750 bits per heavy atom. The maximum atomic E-state index is 14.4. The zero-order chi connectivity index (χ0) is 31.5. The van der Waals surface area contributed by atoms with E-state index in [2.05, 4.69) is 19.2 Å². The Morgan fingerprint density at radius 3 is 1.84 bits per heavy atom. The van der Waals surface area contributed by atoms with E-state index in [1.54, 1.807) is 30.3 Å². The molecule has 230 valence electrons. The highest BCUT2D eigenvalue weighted by Gasteiger charge is 2.34. The van der Waals surface area contributed by atoms with Gasteiger partial charge in [-0.2, -0.15) is 0 Å². The molecular weight excluding hydrogens is 570 g/mol. The largest absolute Gasteiger partial charge is 0.354 e. The van der Waals surface area contributed by atoms with E-state index in [1.807, 2.05) is 79.7 Å². The molecule has 8 heteroatoms. The molecule has 4 aromatic carbocycles. The number of nitrogens with zero attached hydrogens (tertiary/aromatic N) is 2. The van der Waals surface area contributed by atoms with Crippen LogP contribution in [0, 0.1) is 0 Å². The minimum atomic E-state index is -4.12. The Kier molecular flexibility index (Phi) is 11.3. The molecule has 44 heavy (non-hydrogen) atoms. The number of rotatable bonds is 14. The van der Waals surface area contributed by atoms with Crippen LogP contribution in [0.15, 0.2) is 120 Å². The van der Waals surface area contributed by atoms with Crippen molar-refractivity contribution in [3.8, 4) is 0 Å². The fourth-order valence-corrected chi connectivity index (χ4v) is 6.41. The summed E-state index contributed by atoms with van der Waals surface area (Å²) in [5.41, 5.74) is 3.16. The zero-order valence-corrected chi connectivity index (χ0v) is 26.4. The van der Waals surface area contributed by atoms with E-state index in [9.17, 15) is 18.0 Å². The van der Waals surface area contributed by atoms with Crippen molar-refractivity contribution in [1.29, 1.82) is 0 Å². The predicted molar refractivity (Wildman–Crippen MR) is 176 cm³/mol. The quantitative estimate of drug-likeness (QED) is 0.185. The molecule has 7 nitrogen and oxygen atoms in total. The van der Waals surface area contributed by atoms with E-state index < -0.39 is 28.5 Å². The van der Waals surface area contributed by atoms with Crippen molar-refractivity contribution in [3.63, 3.8) is 0 Å². The molecule has 0 aliphatic heterocycles. The van der Waals surface area contributed by atoms with E-state index >= 15 is 0 Å². The van der Waals surface area contributed by atoms with Gasteiger partial charge in [0.2, 0.25) is 11.8 Å². The van der Waals surface area contributed by atoms with Gasteiger partial charge in [0.1, 0.15) is 12.6 Å². The van der Waals surface area contributed by atoms with Gasteiger partial charge in [0.15, 0.2) is 0 Å². The summed E-state index contributed by atoms with van der Waals surface area (Å²) in [6, 6.07) is 33.5. The van der Waals surface area contributed by atoms with Crippen LogP contribution in [0.5, 0.6) is 0 Å². The van der Waals surface area contributed by atoms with E-state index in [-0.39, 0.29) is 29.7 Å². The minimum Gasteiger partial charge on any atom is -0.354 e. The predicted octanol–water partition coefficient (Wildman–Crippen LogP) is 6.17. The third-order valence-electron chi connectivity index (χ3n) is 7.47. The monoisotopic (exact) mass is 611 g/mol. The molecule has 1 atom stereocenters. The van der Waals surface area contributed by atoms with Crippen molar-refractivity contribution in [2.45, 2.75) is 57.0 Å². The van der Waals surface area contributed by atoms with E-state index in [1.165, 1.54) is 17.0 Å². The second kappa shape index (κ2) is 15.3. The first-order valence-corrected chi connectivity index (χ1v) is 16.5. The topological polar surface area (TPSA) is 86.8 Å². The smallest absolute Gasteiger partial charge is 0.264 e. The summed E-state index contributed by atoms with van der Waals surface area (Å²) in [4.78, 5) is 29.7. The van der Waals surface area contributed by atoms with Gasteiger partial charge in [0.05, 0.1) is 10.6 Å². The van der Waals surface area contributed by atoms with Crippen LogP contribution in [0.4, 0.5) is 5.69 Å². The summed E-state index contributed by atoms with van der Waals surface area (Å²) in [5.74, 6) is -0.501. The van der Waals surface area contributed by atoms with Gasteiger partial charge in [0, 0.05) is 19.5 Å². The van der Waals surface area contributed by atoms with Crippen LogP contribution in [0.2, 0.25) is 0 Å². The number of benzene rings is 4. The molecule has 0 fully saturated rings. The van der Waals surface area contributed by atoms with Crippen molar-refractivity contribution >= 4 is 27.5 Å². The molecule has 0 heterocycles. The first kappa shape index (κ1) is 32.5. The number of hydrogen-bond donors (Lipinski definition) is 1. The fraction of sp³-hybridized carbons (Fsp3) is 0.278. The summed E-state index contributed by atoms with van der Waals surface area (Å²) in [7, 11) is -4.12. The van der Waals surface area contributed by atoms with E-state index in [4.69, 9.17) is 0 Å². The molecule has 0 aliphatic carbocycles. The third kappa shape index (κ3) is 8.35. The molecule has 2 amide bonds. The number of anilines is 1. The lowest BCUT2D eigenvalue weighted by atomic mass is 10.0. The van der Waals surface area contributed by atoms with Gasteiger partial charge in [-0.05, 0) is 53.3 Å². The molecule has 4 aromatic rings. The van der Waals surface area contributed by atoms with Crippen molar-refractivity contribution < 1.29 is 18.0 Å². The molecule has 0 aliphatic rings. The van der Waals surface area contributed by atoms with Gasteiger partial charge < -0.3 is 10.2 Å². The highest BCUT2D eigenvalue weighted by molar-refractivity contribution is 7.92. The van der Waals surface area contributed by atoms with Crippen LogP contribution in [-0.4, -0.2) is 44.3 Å². The molecular formula is C36H41N3O4S. The lowest BCUT2D eigenvalue weighted by molar-refractivity contribution is -0.140. The van der Waals surface area contributed by atoms with Gasteiger partial charge in [-0.15, -0.1) is 0 Å². The number of amides is 2. The average Bonchev–Trinajstić information content (AvgIpc) is 3.05. The van der Waals surface area contributed by atoms with Crippen molar-refractivity contribution in [2.75, 3.05) is 17.4 Å². The Balaban J connectivity index is 1.78. The Morgan fingerprint density at radius 2 is 1.30 bits per heavy atom. The van der Waals surface area contributed by atoms with Crippen molar-refractivity contribution in [2.24, 2.45) is 0 Å². The minimum absolute atomic E-state index is 0.0804. The summed E-state index contributed by atoms with van der Waals surface area (Å²) >= 11 is 0. The molecule has 0 radical (unpaired) electrons. The van der Waals surface area contributed by atoms with Crippen LogP contribution in [0.25, 0.3) is 0 Å². The van der Waals surface area contributed by atoms with Crippen LogP contribution < -0.4 is 9.62 Å². The number of hydrogen-bond acceptors (Lipinski definition) is 4. The van der Waals surface area contributed by atoms with Crippen LogP contribution in [0.3, 0.4) is 0 Å². The first-order chi connectivity index (χ1) is 21.2. The molecule has 0 aromatic heterocycles. The maximum Gasteiger partial charge on any atom is 0.264 e. The number of sulfonamides is 1. The summed E-state index contributed by atoms with van der Waals surface area (Å²) in [6.07, 6.45) is 1.02. The second-order valence-corrected chi connectivity index (χ2v) is 12.9. The standard InChI is InChI=1S/C36H41N3O4S/c1-4-24-37-36(41)34(25-29-14-8-5-9-15-29)38(26-30-16-10-6-11-17-30)35(40)27-39(32-22-20-31(21-23-32)28(2)3)44(42,43)33-18-12-7-13-19-33/h5-23,28,34H,4,24-27H2,1-3H3,(H,37,41)/t34-/m1/s1. The first-order valence-electron chi connectivity index (χ1n) is 15.0. The Bertz CT molecular complexity index is 1590. The fourth-order valence-electron chi connectivity index (χ4n) is 4.97. The Labute approximate surface area is 261 Å². The molecule has 0 bridgehead atoms. The van der Waals surface area contributed by atoms with Crippen LogP contribution in [0.1, 0.15) is 49.8 Å². The van der Waals surface area contributed by atoms with Gasteiger partial charge in [-0.3, -0.25) is 13.9 Å². The van der Waals surface area contributed by atoms with Crippen LogP contribution in [-0.2, 0) is 32.6 Å². The summed E-state index contributed by atoms with van der Waals surface area (Å²) in [6.45, 7) is 6.23. The van der Waals surface area contributed by atoms with E-state index in [0.717, 1.165) is 27.4 Å². The molecule has 0 spiro atoms. The molecule has 4 rings (SSSR count). The lowest BCUT2D eigenvalue weighted by Crippen LogP contribution is -2.53. The van der Waals surface area contributed by atoms with Gasteiger partial charge in [-0.1, -0.05) is 112 Å². The highest BCUT2D eigenvalue weighted by atomic mass is 32.2. The molecule has 0 saturated carbocycles. The normalized spacial score (nSPS) is 12.0. The molecule has 1 N–H and O–H groups in total. The van der Waals surface area contributed by atoms with Crippen LogP contribution >= 0.6 is 0 Å². The van der Waals surface area contributed by atoms with Gasteiger partial charge in [-0.25, -0.2) is 8.42 Å². The summed E-state index contributed by atoms with van der Waals surface area (Å²) in [5, 5.41) is 2.97. The van der Waals surface area contributed by atoms with Gasteiger partial charge >= 0.3 is 0 Å². The number of carbonyl (C=O) groups is 2. The van der Waals surface area contributed by atoms with Crippen molar-refractivity contribution in [1.82, 2.24) is 10.2 Å². The third-order valence-corrected chi connectivity index (χ3v) is 9.26. The second-order valence-electron chi connectivity index (χ2n) is 11.1.